The molecule has 0 bridgehead atoms. The number of hydrogen-bond donors (Lipinski definition) is 0. The van der Waals surface area contributed by atoms with Gasteiger partial charge in [-0.1, -0.05) is 143 Å². The molecule has 7 aromatic carbocycles. The van der Waals surface area contributed by atoms with Crippen LogP contribution in [0.2, 0.25) is 0 Å². The molecule has 2 aliphatic rings. The average Bonchev–Trinajstić information content (AvgIpc) is 3.92. The van der Waals surface area contributed by atoms with Crippen LogP contribution in [0.15, 0.2) is 156 Å². The molecule has 0 aliphatic heterocycles. The van der Waals surface area contributed by atoms with Crippen LogP contribution < -0.4 is 0 Å². The zero-order valence-corrected chi connectivity index (χ0v) is 31.7. The van der Waals surface area contributed by atoms with Crippen molar-refractivity contribution in [3.8, 4) is 50.7 Å². The van der Waals surface area contributed by atoms with E-state index in [1.54, 1.807) is 0 Å². The quantitative estimate of drug-likeness (QED) is 0.183. The Labute approximate surface area is 324 Å². The molecule has 0 saturated carbocycles. The first-order chi connectivity index (χ1) is 27.3. The molecule has 3 aromatic heterocycles. The van der Waals surface area contributed by atoms with Crippen LogP contribution in [0.5, 0.6) is 0 Å². The minimum absolute atomic E-state index is 0.138. The van der Waals surface area contributed by atoms with Crippen LogP contribution in [0, 0.1) is 0 Å². The molecule has 0 unspecified atom stereocenters. The van der Waals surface area contributed by atoms with Crippen molar-refractivity contribution in [2.75, 3.05) is 0 Å². The van der Waals surface area contributed by atoms with Crippen molar-refractivity contribution in [3.05, 3.63) is 174 Å². The monoisotopic (exact) mass is 719 g/mol. The SMILES string of the molecule is CC1(C)c2ccccc2-c2ccc(-c3cc(-c4ccc5c(c4)C(C)(C)c4ccccc4-5)nc(-n4c5ccccc5c5ccc6c7ccccc7oc6c54)n3)cc21. The highest BCUT2D eigenvalue weighted by Gasteiger charge is 2.37. The Balaban J connectivity index is 1.14. The molecule has 0 saturated heterocycles. The van der Waals surface area contributed by atoms with Gasteiger partial charge in [0.05, 0.1) is 16.9 Å². The van der Waals surface area contributed by atoms with Crippen molar-refractivity contribution >= 4 is 43.7 Å². The molecule has 0 spiro atoms. The van der Waals surface area contributed by atoms with Crippen molar-refractivity contribution < 1.29 is 4.42 Å². The van der Waals surface area contributed by atoms with Crippen molar-refractivity contribution in [1.82, 2.24) is 14.5 Å². The van der Waals surface area contributed by atoms with Crippen LogP contribution in [0.4, 0.5) is 0 Å². The summed E-state index contributed by atoms with van der Waals surface area (Å²) >= 11 is 0. The molecule has 10 aromatic rings. The van der Waals surface area contributed by atoms with Gasteiger partial charge >= 0.3 is 0 Å². The minimum Gasteiger partial charge on any atom is -0.454 e. The third-order valence-corrected chi connectivity index (χ3v) is 12.9. The second kappa shape index (κ2) is 10.9. The van der Waals surface area contributed by atoms with Gasteiger partial charge < -0.3 is 4.42 Å². The van der Waals surface area contributed by atoms with E-state index in [1.165, 1.54) is 44.5 Å². The van der Waals surface area contributed by atoms with Crippen molar-refractivity contribution in [3.63, 3.8) is 0 Å². The number of benzene rings is 7. The smallest absolute Gasteiger partial charge is 0.235 e. The molecule has 4 heteroatoms. The molecule has 0 fully saturated rings. The van der Waals surface area contributed by atoms with Crippen LogP contribution in [0.1, 0.15) is 49.9 Å². The highest BCUT2D eigenvalue weighted by atomic mass is 16.3. The second-order valence-corrected chi connectivity index (χ2v) is 16.6. The maximum Gasteiger partial charge on any atom is 0.235 e. The van der Waals surface area contributed by atoms with Crippen LogP contribution in [0.3, 0.4) is 0 Å². The minimum atomic E-state index is -0.138. The van der Waals surface area contributed by atoms with Gasteiger partial charge in [0.2, 0.25) is 5.95 Å². The van der Waals surface area contributed by atoms with Crippen LogP contribution in [-0.4, -0.2) is 14.5 Å². The fourth-order valence-corrected chi connectivity index (χ4v) is 10.00. The first-order valence-corrected chi connectivity index (χ1v) is 19.5. The molecule has 0 atom stereocenters. The van der Waals surface area contributed by atoms with E-state index >= 15 is 0 Å². The Bertz CT molecular complexity index is 3200. The molecule has 0 amide bonds. The molecule has 0 N–H and O–H groups in total. The van der Waals surface area contributed by atoms with Gasteiger partial charge in [-0.05, 0) is 80.9 Å². The van der Waals surface area contributed by atoms with Gasteiger partial charge in [0.25, 0.3) is 0 Å². The fraction of sp³-hybridized carbons (Fsp3) is 0.115. The second-order valence-electron chi connectivity index (χ2n) is 16.6. The number of hydrogen-bond acceptors (Lipinski definition) is 3. The Morgan fingerprint density at radius 3 is 1.61 bits per heavy atom. The topological polar surface area (TPSA) is 43.9 Å². The number of aromatic nitrogens is 3. The molecule has 56 heavy (non-hydrogen) atoms. The maximum absolute atomic E-state index is 6.72. The summed E-state index contributed by atoms with van der Waals surface area (Å²) in [6.45, 7) is 9.33. The fourth-order valence-electron chi connectivity index (χ4n) is 10.00. The standard InChI is InChI=1S/C52H37N3O/c1-51(2)40-17-9-5-13-32(40)34-23-21-30(27-42(34)51)44-29-45(31-22-24-35-33-14-6-10-18-41(33)52(3,4)43(35)28-31)54-50(53-44)55-46-19-11-7-15-36(46)38-25-26-39-37-16-8-12-20-47(37)56-49(39)48(38)55/h5-29H,1-4H3. The molecular formula is C52H37N3O. The Kier molecular flexibility index (Phi) is 6.15. The van der Waals surface area contributed by atoms with Crippen molar-refractivity contribution in [2.45, 2.75) is 38.5 Å². The lowest BCUT2D eigenvalue weighted by Crippen LogP contribution is -2.15. The zero-order valence-electron chi connectivity index (χ0n) is 31.7. The van der Waals surface area contributed by atoms with Gasteiger partial charge in [-0.15, -0.1) is 0 Å². The molecule has 3 heterocycles. The lowest BCUT2D eigenvalue weighted by Gasteiger charge is -2.22. The van der Waals surface area contributed by atoms with E-state index in [0.29, 0.717) is 5.95 Å². The lowest BCUT2D eigenvalue weighted by atomic mass is 9.81. The summed E-state index contributed by atoms with van der Waals surface area (Å²) in [5, 5.41) is 4.42. The summed E-state index contributed by atoms with van der Waals surface area (Å²) in [6.07, 6.45) is 0. The van der Waals surface area contributed by atoms with Gasteiger partial charge in [0.15, 0.2) is 5.58 Å². The highest BCUT2D eigenvalue weighted by Crippen LogP contribution is 2.51. The highest BCUT2D eigenvalue weighted by molar-refractivity contribution is 6.21. The van der Waals surface area contributed by atoms with Crippen molar-refractivity contribution in [1.29, 1.82) is 0 Å². The molecule has 12 rings (SSSR count). The van der Waals surface area contributed by atoms with E-state index in [1.807, 2.05) is 12.1 Å². The first-order valence-electron chi connectivity index (χ1n) is 19.5. The Morgan fingerprint density at radius 1 is 0.446 bits per heavy atom. The van der Waals surface area contributed by atoms with Gasteiger partial charge in [-0.2, -0.15) is 0 Å². The number of furan rings is 1. The van der Waals surface area contributed by atoms with Crippen LogP contribution in [0.25, 0.3) is 94.5 Å². The molecule has 2 aliphatic carbocycles. The number of fused-ring (bicyclic) bond motifs is 13. The molecule has 4 nitrogen and oxygen atoms in total. The van der Waals surface area contributed by atoms with Crippen LogP contribution >= 0.6 is 0 Å². The normalized spacial score (nSPS) is 14.7. The van der Waals surface area contributed by atoms with E-state index in [4.69, 9.17) is 14.4 Å². The van der Waals surface area contributed by atoms with Crippen molar-refractivity contribution in [2.24, 2.45) is 0 Å². The molecule has 266 valence electrons. The largest absolute Gasteiger partial charge is 0.454 e. The van der Waals surface area contributed by atoms with Gasteiger partial charge in [0.1, 0.15) is 11.1 Å². The van der Waals surface area contributed by atoms with E-state index < -0.39 is 0 Å². The molecule has 0 radical (unpaired) electrons. The lowest BCUT2D eigenvalue weighted by molar-refractivity contribution is 0.660. The first kappa shape index (κ1) is 31.6. The van der Waals surface area contributed by atoms with E-state index in [0.717, 1.165) is 66.3 Å². The number of rotatable bonds is 3. The third-order valence-electron chi connectivity index (χ3n) is 12.9. The summed E-state index contributed by atoms with van der Waals surface area (Å²) in [7, 11) is 0. The summed E-state index contributed by atoms with van der Waals surface area (Å²) in [6, 6.07) is 54.8. The third kappa shape index (κ3) is 4.13. The Hall–Kier alpha value is -6.78. The number of para-hydroxylation sites is 2. The zero-order chi connectivity index (χ0) is 37.5. The average molecular weight is 720 g/mol. The summed E-state index contributed by atoms with van der Waals surface area (Å²) < 4.78 is 8.94. The van der Waals surface area contributed by atoms with Crippen LogP contribution in [-0.2, 0) is 10.8 Å². The number of nitrogens with zero attached hydrogens (tertiary/aromatic N) is 3. The maximum atomic E-state index is 6.72. The summed E-state index contributed by atoms with van der Waals surface area (Å²) in [5.74, 6) is 0.614. The van der Waals surface area contributed by atoms with E-state index in [2.05, 4.69) is 172 Å². The van der Waals surface area contributed by atoms with Gasteiger partial charge in [0, 0.05) is 43.5 Å². The summed E-state index contributed by atoms with van der Waals surface area (Å²) in [5.41, 5.74) is 17.9. The van der Waals surface area contributed by atoms with Gasteiger partial charge in [-0.3, -0.25) is 4.57 Å². The Morgan fingerprint density at radius 2 is 0.964 bits per heavy atom. The predicted octanol–water partition coefficient (Wildman–Crippen LogP) is 13.4. The van der Waals surface area contributed by atoms with Gasteiger partial charge in [-0.25, -0.2) is 9.97 Å². The summed E-state index contributed by atoms with van der Waals surface area (Å²) in [4.78, 5) is 11.0. The predicted molar refractivity (Wildman–Crippen MR) is 230 cm³/mol. The molecular weight excluding hydrogens is 683 g/mol. The van der Waals surface area contributed by atoms with E-state index in [9.17, 15) is 0 Å². The van der Waals surface area contributed by atoms with E-state index in [-0.39, 0.29) is 10.8 Å².